The van der Waals surface area contributed by atoms with E-state index in [1.54, 1.807) is 0 Å². The van der Waals surface area contributed by atoms with Crippen LogP contribution < -0.4 is 14.8 Å². The Hall–Kier alpha value is -9.82. The van der Waals surface area contributed by atoms with E-state index in [1.807, 2.05) is 32.0 Å². The maximum Gasteiger partial charge on any atom is 2.00 e. The van der Waals surface area contributed by atoms with Crippen molar-refractivity contribution in [1.29, 1.82) is 0 Å². The molecule has 0 spiro atoms. The van der Waals surface area contributed by atoms with Crippen molar-refractivity contribution in [3.63, 3.8) is 0 Å². The largest absolute Gasteiger partial charge is 2.00 e. The number of rotatable bonds is 16. The number of hydrogen-bond donors (Lipinski definition) is 3. The molecule has 0 radical (unpaired) electrons. The molecule has 13 aromatic rings. The third kappa shape index (κ3) is 21.6. The summed E-state index contributed by atoms with van der Waals surface area (Å²) in [7, 11) is 0. The molecule has 13 rings (SSSR count). The monoisotopic (exact) mass is 1790 g/mol. The summed E-state index contributed by atoms with van der Waals surface area (Å²) in [4.78, 5) is 0. The fraction of sp³-hybridized carbons (Fsp3) is 0.378. The van der Waals surface area contributed by atoms with Crippen molar-refractivity contribution in [1.82, 2.24) is 4.57 Å². The van der Waals surface area contributed by atoms with Crippen LogP contribution in [0.25, 0.3) is 105 Å². The quantitative estimate of drug-likeness (QED) is 0.0511. The summed E-state index contributed by atoms with van der Waals surface area (Å²) in [6.07, 6.45) is 0.349. The molecule has 0 unspecified atom stereocenters. The molecule has 0 saturated carbocycles. The zero-order valence-electron chi connectivity index (χ0n) is 83.6. The smallest absolute Gasteiger partial charge is 0.505 e. The fourth-order valence-electron chi connectivity index (χ4n) is 16.8. The Morgan fingerprint density at radius 3 is 0.891 bits per heavy atom. The van der Waals surface area contributed by atoms with Crippen LogP contribution in [0.3, 0.4) is 0 Å². The molecule has 672 valence electrons. The van der Waals surface area contributed by atoms with Gasteiger partial charge in [-0.05, 0) is 252 Å². The summed E-state index contributed by atoms with van der Waals surface area (Å²) >= 11 is 0. The van der Waals surface area contributed by atoms with Crippen LogP contribution in [0.4, 0.5) is 20.2 Å². The number of hydrogen-bond acceptors (Lipinski definition) is 5. The predicted octanol–water partition coefficient (Wildman–Crippen LogP) is 34.2. The zero-order chi connectivity index (χ0) is 91.7. The van der Waals surface area contributed by atoms with E-state index in [0.29, 0.717) is 62.7 Å². The number of fused-ring (bicyclic) bond motifs is 3. The summed E-state index contributed by atoms with van der Waals surface area (Å²) < 4.78 is 49.2. The van der Waals surface area contributed by atoms with Crippen LogP contribution in [-0.4, -0.2) is 28.0 Å². The molecule has 1 heterocycles. The normalized spacial score (nSPS) is 12.7. The van der Waals surface area contributed by atoms with Crippen LogP contribution >= 0.6 is 0 Å². The molecule has 1 aromatic heterocycles. The molecule has 0 aliphatic heterocycles. The number of nitrogens with one attached hydrogen (secondary N) is 1. The van der Waals surface area contributed by atoms with E-state index in [2.05, 4.69) is 375 Å². The van der Waals surface area contributed by atoms with Gasteiger partial charge in [0.2, 0.25) is 0 Å². The molecular formula is C119H144F2N2O4Zr. The molecule has 3 N–H and O–H groups in total. The maximum atomic E-state index is 16.7. The standard InChI is InChI=1S/C117H138F2N2O4.2CH3.Zr/c1-69-46-90(118)67-97(95-63-88(116(27,28)29)65-100(104(95)122)120-99-56-73(77-50-82(110(9,10)11)60-83(51-77)111(12,13)14)38-41-92(99)72-36-34-71(35-37-72)76-48-80(108(3,4)5)59-81(49-76)109(6,7)8)106(69)124-44-33-45-125-107-70(2)47-91(119)68-98(107)96-64-89(117(30,31)32)66-103(105(96)123)121-101-57-74(78-52-84(112(15,16)17)61-85(53-78)113(18,19)20)39-42-93(101)94-43-40-75(58-102(94)121)79-54-86(114(21,22)23)62-87(55-79)115(24,25)26;;;/h34-43,46-68,120,122-123H,33,44-45H2,1-32H3;2*1H3;/q;2*-1;+2. The van der Waals surface area contributed by atoms with E-state index in [0.717, 1.165) is 88.7 Å². The number of ether oxygens (including phenoxy) is 2. The Morgan fingerprint density at radius 1 is 0.273 bits per heavy atom. The second kappa shape index (κ2) is 36.1. The van der Waals surface area contributed by atoms with Gasteiger partial charge in [0.1, 0.15) is 34.6 Å². The summed E-state index contributed by atoms with van der Waals surface area (Å²) in [6.45, 7) is 71.3. The minimum Gasteiger partial charge on any atom is -0.505 e. The van der Waals surface area contributed by atoms with Crippen LogP contribution in [0.1, 0.15) is 281 Å². The number of halogens is 2. The van der Waals surface area contributed by atoms with Crippen molar-refractivity contribution in [3.05, 3.63) is 293 Å². The first-order valence-electron chi connectivity index (χ1n) is 45.1. The van der Waals surface area contributed by atoms with Gasteiger partial charge >= 0.3 is 26.2 Å². The molecule has 0 atom stereocenters. The average Bonchev–Trinajstić information content (AvgIpc) is 1.56. The van der Waals surface area contributed by atoms with Crippen molar-refractivity contribution in [3.8, 4) is 107 Å². The Morgan fingerprint density at radius 2 is 0.555 bits per heavy atom. The SMILES string of the molecule is Cc1cc(F)cc(-c2cc(C(C)(C)C)cc(Nc3cc(-c4cc(C(C)(C)C)cc(C(C)(C)C)c4)ccc3-c3ccc(-c4cc(C(C)(C)C)cc(C(C)(C)C)c4)cc3)c2O)c1OCCCOc1c(C)cc(F)cc1-c1cc(C(C)(C)C)cc(-n2c3cc(-c4cc(C(C)(C)C)cc(C(C)(C)C)c4)ccc3c3ccc(-c4cc(C(C)(C)C)cc(C(C)(C)C)c4)cc32)c1O.[CH3-].[CH3-].[Zr+2]. The van der Waals surface area contributed by atoms with Crippen LogP contribution in [0.15, 0.2) is 200 Å². The molecule has 0 aliphatic carbocycles. The summed E-state index contributed by atoms with van der Waals surface area (Å²) in [6, 6.07) is 70.9. The molecule has 12 aromatic carbocycles. The summed E-state index contributed by atoms with van der Waals surface area (Å²) in [5, 5.41) is 32.8. The summed E-state index contributed by atoms with van der Waals surface area (Å²) in [5.41, 5.74) is 27.1. The van der Waals surface area contributed by atoms with Crippen molar-refractivity contribution >= 4 is 33.2 Å². The van der Waals surface area contributed by atoms with Crippen LogP contribution in [0, 0.1) is 40.3 Å². The second-order valence-corrected chi connectivity index (χ2v) is 46.0. The third-order valence-electron chi connectivity index (χ3n) is 25.3. The Balaban J connectivity index is 0.00000569. The van der Waals surface area contributed by atoms with Gasteiger partial charge in [0.05, 0.1) is 35.6 Å². The maximum absolute atomic E-state index is 16.7. The average molecular weight is 1800 g/mol. The number of nitrogens with zero attached hydrogens (tertiary/aromatic N) is 1. The predicted molar refractivity (Wildman–Crippen MR) is 543 cm³/mol. The fourth-order valence-corrected chi connectivity index (χ4v) is 16.8. The number of anilines is 2. The zero-order valence-corrected chi connectivity index (χ0v) is 86.0. The Labute approximate surface area is 787 Å². The Bertz CT molecular complexity index is 6050. The van der Waals surface area contributed by atoms with Crippen molar-refractivity contribution in [2.75, 3.05) is 18.5 Å². The first-order valence-corrected chi connectivity index (χ1v) is 45.1. The van der Waals surface area contributed by atoms with Gasteiger partial charge in [0.25, 0.3) is 0 Å². The number of phenolic OH excluding ortho intramolecular Hbond substituents is 2. The molecule has 0 bridgehead atoms. The van der Waals surface area contributed by atoms with E-state index in [-0.39, 0.29) is 109 Å². The van der Waals surface area contributed by atoms with Crippen LogP contribution in [0.2, 0.25) is 0 Å². The molecular weight excluding hydrogens is 1650 g/mol. The minimum atomic E-state index is -0.476. The van der Waals surface area contributed by atoms with Crippen molar-refractivity contribution < 1.29 is 54.7 Å². The topological polar surface area (TPSA) is 75.9 Å². The summed E-state index contributed by atoms with van der Waals surface area (Å²) in [5.74, 6) is -0.205. The number of benzene rings is 12. The first kappa shape index (κ1) is 100. The van der Waals surface area contributed by atoms with E-state index in [1.165, 1.54) is 74.3 Å². The molecule has 0 saturated heterocycles. The molecule has 0 aliphatic rings. The molecule has 0 amide bonds. The second-order valence-electron chi connectivity index (χ2n) is 46.0. The van der Waals surface area contributed by atoms with Gasteiger partial charge in [-0.15, -0.1) is 0 Å². The van der Waals surface area contributed by atoms with Crippen LogP contribution in [-0.2, 0) is 80.4 Å². The van der Waals surface area contributed by atoms with Gasteiger partial charge in [-0.25, -0.2) is 8.78 Å². The third-order valence-corrected chi connectivity index (χ3v) is 25.3. The van der Waals surface area contributed by atoms with Crippen LogP contribution in [0.5, 0.6) is 23.0 Å². The van der Waals surface area contributed by atoms with Gasteiger partial charge < -0.3 is 44.4 Å². The van der Waals surface area contributed by atoms with E-state index in [4.69, 9.17) is 9.47 Å². The number of aryl methyl sites for hydroxylation is 2. The van der Waals surface area contributed by atoms with Gasteiger partial charge in [0.15, 0.2) is 0 Å². The van der Waals surface area contributed by atoms with Gasteiger partial charge in [-0.2, -0.15) is 0 Å². The Kier molecular flexibility index (Phi) is 28.3. The van der Waals surface area contributed by atoms with Gasteiger partial charge in [0, 0.05) is 50.7 Å². The number of aromatic nitrogens is 1. The molecule has 0 fully saturated rings. The molecule has 9 heteroatoms. The van der Waals surface area contributed by atoms with Gasteiger partial charge in [-0.3, -0.25) is 0 Å². The number of phenols is 2. The van der Waals surface area contributed by atoms with Gasteiger partial charge in [-0.1, -0.05) is 341 Å². The van der Waals surface area contributed by atoms with E-state index < -0.39 is 22.5 Å². The molecule has 6 nitrogen and oxygen atoms in total. The number of aromatic hydroxyl groups is 2. The van der Waals surface area contributed by atoms with E-state index in [9.17, 15) is 10.2 Å². The first-order chi connectivity index (χ1) is 57.7. The minimum absolute atomic E-state index is 0. The molecule has 128 heavy (non-hydrogen) atoms. The van der Waals surface area contributed by atoms with E-state index >= 15 is 8.78 Å². The van der Waals surface area contributed by atoms with Crippen molar-refractivity contribution in [2.24, 2.45) is 0 Å². The van der Waals surface area contributed by atoms with Crippen molar-refractivity contribution in [2.45, 2.75) is 282 Å².